The number of anilines is 1. The number of nitrogen functional groups attached to an aromatic ring is 1. The summed E-state index contributed by atoms with van der Waals surface area (Å²) in [6, 6.07) is 2.19. The molecular weight excluding hydrogens is 375 g/mol. The van der Waals surface area contributed by atoms with Crippen molar-refractivity contribution in [1.82, 2.24) is 9.78 Å². The third-order valence-corrected chi connectivity index (χ3v) is 5.29. The first kappa shape index (κ1) is 19.8. The zero-order valence-corrected chi connectivity index (χ0v) is 14.7. The Labute approximate surface area is 147 Å². The molecule has 1 heterocycles. The molecule has 0 radical (unpaired) electrons. The predicted molar refractivity (Wildman–Crippen MR) is 86.7 cm³/mol. The summed E-state index contributed by atoms with van der Waals surface area (Å²) in [5.41, 5.74) is 4.40. The third kappa shape index (κ3) is 3.66. The molecule has 2 aromatic rings. The predicted octanol–water partition coefficient (Wildman–Crippen LogP) is 2.44. The van der Waals surface area contributed by atoms with Crippen LogP contribution < -0.4 is 5.73 Å². The number of hydrogen-bond donors (Lipinski definition) is 1. The molecule has 0 saturated carbocycles. The van der Waals surface area contributed by atoms with E-state index in [0.29, 0.717) is 6.07 Å². The van der Waals surface area contributed by atoms with Gasteiger partial charge in [0.1, 0.15) is 11.4 Å². The summed E-state index contributed by atoms with van der Waals surface area (Å²) in [4.78, 5) is 11.2. The van der Waals surface area contributed by atoms with Gasteiger partial charge in [-0.15, -0.1) is 0 Å². The van der Waals surface area contributed by atoms with Crippen LogP contribution in [0.1, 0.15) is 29.8 Å². The van der Waals surface area contributed by atoms with Gasteiger partial charge in [0.25, 0.3) is 0 Å². The van der Waals surface area contributed by atoms with Gasteiger partial charge in [-0.25, -0.2) is 17.9 Å². The number of sulfone groups is 1. The molecule has 1 aromatic heterocycles. The molecule has 0 aliphatic rings. The van der Waals surface area contributed by atoms with Gasteiger partial charge in [0.2, 0.25) is 0 Å². The lowest BCUT2D eigenvalue weighted by Crippen LogP contribution is -2.15. The van der Waals surface area contributed by atoms with Crippen LogP contribution in [0.25, 0.3) is 5.69 Å². The van der Waals surface area contributed by atoms with Gasteiger partial charge in [0.05, 0.1) is 34.7 Å². The van der Waals surface area contributed by atoms with E-state index >= 15 is 0 Å². The average Bonchev–Trinajstić information content (AvgIpc) is 2.95. The van der Waals surface area contributed by atoms with E-state index in [4.69, 9.17) is 10.5 Å². The summed E-state index contributed by atoms with van der Waals surface area (Å²) in [6.07, 6.45) is -3.66. The first-order chi connectivity index (χ1) is 12.0. The van der Waals surface area contributed by atoms with E-state index in [1.165, 1.54) is 6.92 Å². The highest BCUT2D eigenvalue weighted by Crippen LogP contribution is 2.34. The molecule has 0 aliphatic carbocycles. The zero-order chi connectivity index (χ0) is 19.7. The summed E-state index contributed by atoms with van der Waals surface area (Å²) in [6.45, 7) is 2.97. The second kappa shape index (κ2) is 6.98. The Hall–Kier alpha value is -2.56. The standard InChI is InChI=1S/C15H16F3N3O4S/c1-3-25-14(22)10-8-20-21(13(10)19)11-6-5-9(15(16,17)18)7-12(11)26(23,24)4-2/h5-8H,3-4,19H2,1-2H3. The largest absolute Gasteiger partial charge is 0.462 e. The minimum absolute atomic E-state index is 0.0825. The van der Waals surface area contributed by atoms with Crippen molar-refractivity contribution in [1.29, 1.82) is 0 Å². The first-order valence-electron chi connectivity index (χ1n) is 7.48. The number of carbonyl (C=O) groups excluding carboxylic acids is 1. The number of ether oxygens (including phenoxy) is 1. The van der Waals surface area contributed by atoms with Crippen LogP contribution in [0.5, 0.6) is 0 Å². The fraction of sp³-hybridized carbons (Fsp3) is 0.333. The second-order valence-electron chi connectivity index (χ2n) is 5.16. The number of nitrogens with two attached hydrogens (primary N) is 1. The minimum Gasteiger partial charge on any atom is -0.462 e. The van der Waals surface area contributed by atoms with Gasteiger partial charge in [0.15, 0.2) is 9.84 Å². The summed E-state index contributed by atoms with van der Waals surface area (Å²) >= 11 is 0. The maximum atomic E-state index is 13.0. The average molecular weight is 391 g/mol. The quantitative estimate of drug-likeness (QED) is 0.785. The Morgan fingerprint density at radius 3 is 2.50 bits per heavy atom. The van der Waals surface area contributed by atoms with Crippen LogP contribution in [0.3, 0.4) is 0 Å². The lowest BCUT2D eigenvalue weighted by atomic mass is 10.2. The summed E-state index contributed by atoms with van der Waals surface area (Å²) in [7, 11) is -4.03. The van der Waals surface area contributed by atoms with Crippen molar-refractivity contribution in [2.45, 2.75) is 24.9 Å². The molecule has 2 rings (SSSR count). The van der Waals surface area contributed by atoms with Crippen molar-refractivity contribution in [2.75, 3.05) is 18.1 Å². The number of rotatable bonds is 5. The number of hydrogen-bond acceptors (Lipinski definition) is 6. The number of benzene rings is 1. The van der Waals surface area contributed by atoms with Crippen LogP contribution in [0.15, 0.2) is 29.3 Å². The molecule has 1 aromatic carbocycles. The Balaban J connectivity index is 2.69. The molecule has 0 aliphatic heterocycles. The summed E-state index contributed by atoms with van der Waals surface area (Å²) in [5.74, 6) is -1.44. The molecule has 0 spiro atoms. The molecule has 0 unspecified atom stereocenters. The van der Waals surface area contributed by atoms with E-state index in [2.05, 4.69) is 5.10 Å². The summed E-state index contributed by atoms with van der Waals surface area (Å²) < 4.78 is 69.2. The maximum Gasteiger partial charge on any atom is 0.416 e. The topological polar surface area (TPSA) is 104 Å². The van der Waals surface area contributed by atoms with Gasteiger partial charge in [0, 0.05) is 0 Å². The zero-order valence-electron chi connectivity index (χ0n) is 13.9. The SMILES string of the molecule is CCOC(=O)c1cnn(-c2ccc(C(F)(F)F)cc2S(=O)(=O)CC)c1N. The fourth-order valence-electron chi connectivity index (χ4n) is 2.19. The van der Waals surface area contributed by atoms with E-state index in [9.17, 15) is 26.4 Å². The van der Waals surface area contributed by atoms with Crippen LogP contribution in [-0.4, -0.2) is 36.5 Å². The Morgan fingerprint density at radius 2 is 1.96 bits per heavy atom. The maximum absolute atomic E-state index is 13.0. The third-order valence-electron chi connectivity index (χ3n) is 3.53. The van der Waals surface area contributed by atoms with Gasteiger partial charge < -0.3 is 10.5 Å². The molecule has 7 nitrogen and oxygen atoms in total. The Kier molecular flexibility index (Phi) is 5.31. The molecular formula is C15H16F3N3O4S. The van der Waals surface area contributed by atoms with E-state index in [1.807, 2.05) is 0 Å². The van der Waals surface area contributed by atoms with Gasteiger partial charge in [-0.2, -0.15) is 18.3 Å². The highest BCUT2D eigenvalue weighted by molar-refractivity contribution is 7.91. The van der Waals surface area contributed by atoms with Crippen LogP contribution in [0.4, 0.5) is 19.0 Å². The number of halogens is 3. The Morgan fingerprint density at radius 1 is 1.31 bits per heavy atom. The van der Waals surface area contributed by atoms with Crippen LogP contribution in [-0.2, 0) is 20.8 Å². The van der Waals surface area contributed by atoms with Crippen molar-refractivity contribution in [2.24, 2.45) is 0 Å². The fourth-order valence-corrected chi connectivity index (χ4v) is 3.28. The summed E-state index contributed by atoms with van der Waals surface area (Å²) in [5, 5.41) is 3.83. The molecule has 11 heteroatoms. The van der Waals surface area contributed by atoms with E-state index in [1.54, 1.807) is 6.92 Å². The molecule has 142 valence electrons. The highest BCUT2D eigenvalue weighted by Gasteiger charge is 2.33. The van der Waals surface area contributed by atoms with Crippen LogP contribution in [0, 0.1) is 0 Å². The molecule has 0 atom stereocenters. The van der Waals surface area contributed by atoms with Crippen molar-refractivity contribution in [3.63, 3.8) is 0 Å². The number of carbonyl (C=O) groups is 1. The highest BCUT2D eigenvalue weighted by atomic mass is 32.2. The van der Waals surface area contributed by atoms with Gasteiger partial charge in [-0.3, -0.25) is 0 Å². The molecule has 0 fully saturated rings. The van der Waals surface area contributed by atoms with E-state index in [0.717, 1.165) is 23.0 Å². The van der Waals surface area contributed by atoms with Gasteiger partial charge in [-0.1, -0.05) is 6.92 Å². The number of aromatic nitrogens is 2. The van der Waals surface area contributed by atoms with Crippen LogP contribution >= 0.6 is 0 Å². The van der Waals surface area contributed by atoms with E-state index in [-0.39, 0.29) is 23.7 Å². The van der Waals surface area contributed by atoms with Crippen LogP contribution in [0.2, 0.25) is 0 Å². The molecule has 0 saturated heterocycles. The van der Waals surface area contributed by atoms with Crippen molar-refractivity contribution < 1.29 is 31.1 Å². The number of nitrogens with zero attached hydrogens (tertiary/aromatic N) is 2. The molecule has 0 amide bonds. The lowest BCUT2D eigenvalue weighted by Gasteiger charge is -2.14. The van der Waals surface area contributed by atoms with Crippen molar-refractivity contribution >= 4 is 21.6 Å². The van der Waals surface area contributed by atoms with Crippen molar-refractivity contribution in [3.05, 3.63) is 35.5 Å². The first-order valence-corrected chi connectivity index (χ1v) is 9.13. The minimum atomic E-state index is -4.72. The smallest absolute Gasteiger partial charge is 0.416 e. The molecule has 2 N–H and O–H groups in total. The van der Waals surface area contributed by atoms with Gasteiger partial charge in [-0.05, 0) is 25.1 Å². The molecule has 0 bridgehead atoms. The van der Waals surface area contributed by atoms with E-state index < -0.39 is 38.2 Å². The number of alkyl halides is 3. The molecule has 26 heavy (non-hydrogen) atoms. The Bertz CT molecular complexity index is 936. The lowest BCUT2D eigenvalue weighted by molar-refractivity contribution is -0.137. The van der Waals surface area contributed by atoms with Gasteiger partial charge >= 0.3 is 12.1 Å². The monoisotopic (exact) mass is 391 g/mol. The number of esters is 1. The van der Waals surface area contributed by atoms with Crippen molar-refractivity contribution in [3.8, 4) is 5.69 Å². The normalized spacial score (nSPS) is 12.2. The second-order valence-corrected chi connectivity index (χ2v) is 7.41.